The van der Waals surface area contributed by atoms with Crippen LogP contribution in [0.5, 0.6) is 0 Å². The van der Waals surface area contributed by atoms with Crippen LogP contribution in [0.3, 0.4) is 0 Å². The van der Waals surface area contributed by atoms with E-state index in [1.807, 2.05) is 26.2 Å². The molecule has 8 heteroatoms. The number of nitrogens with one attached hydrogen (secondary N) is 1. The number of nitrogens with zero attached hydrogens (tertiary/aromatic N) is 3. The van der Waals surface area contributed by atoms with E-state index in [1.54, 1.807) is 17.6 Å². The van der Waals surface area contributed by atoms with Gasteiger partial charge in [0.15, 0.2) is 15.8 Å². The molecule has 0 saturated heterocycles. The normalized spacial score (nSPS) is 12.7. The van der Waals surface area contributed by atoms with Gasteiger partial charge in [0.05, 0.1) is 0 Å². The molecular weight excluding hydrogens is 308 g/mol. The molecule has 0 aromatic carbocycles. The molecule has 0 bridgehead atoms. The lowest BCUT2D eigenvalue weighted by Crippen LogP contribution is -2.31. The standard InChI is InChI=1S/C13H22N4O2S2/c1-5-6-14-11-12(17-7-8-20-13(17)15-11)21(18,19)16(4)9-10(2)3/h7-8,10,14H,5-6,9H2,1-4H3. The molecule has 1 N–H and O–H groups in total. The summed E-state index contributed by atoms with van der Waals surface area (Å²) in [4.78, 5) is 5.09. The van der Waals surface area contributed by atoms with Gasteiger partial charge in [0.2, 0.25) is 0 Å². The van der Waals surface area contributed by atoms with E-state index in [-0.39, 0.29) is 10.9 Å². The summed E-state index contributed by atoms with van der Waals surface area (Å²) >= 11 is 1.43. The van der Waals surface area contributed by atoms with Crippen LogP contribution in [0.1, 0.15) is 27.2 Å². The quantitative estimate of drug-likeness (QED) is 0.847. The van der Waals surface area contributed by atoms with Crippen LogP contribution in [-0.4, -0.2) is 42.2 Å². The highest BCUT2D eigenvalue weighted by Crippen LogP contribution is 2.28. The van der Waals surface area contributed by atoms with Gasteiger partial charge in [-0.15, -0.1) is 11.3 Å². The molecule has 0 aliphatic carbocycles. The monoisotopic (exact) mass is 330 g/mol. The molecule has 0 spiro atoms. The molecular formula is C13H22N4O2S2. The van der Waals surface area contributed by atoms with Crippen LogP contribution >= 0.6 is 11.3 Å². The van der Waals surface area contributed by atoms with Crippen LogP contribution in [0.25, 0.3) is 4.96 Å². The van der Waals surface area contributed by atoms with Crippen molar-refractivity contribution in [3.63, 3.8) is 0 Å². The van der Waals surface area contributed by atoms with Crippen molar-refractivity contribution in [2.75, 3.05) is 25.5 Å². The van der Waals surface area contributed by atoms with E-state index >= 15 is 0 Å². The number of imidazole rings is 1. The lowest BCUT2D eigenvalue weighted by molar-refractivity contribution is 0.415. The van der Waals surface area contributed by atoms with Gasteiger partial charge in [0, 0.05) is 31.7 Å². The van der Waals surface area contributed by atoms with Crippen LogP contribution in [0.2, 0.25) is 0 Å². The summed E-state index contributed by atoms with van der Waals surface area (Å²) in [5.41, 5.74) is 0. The molecule has 0 radical (unpaired) electrons. The number of thiazole rings is 1. The summed E-state index contributed by atoms with van der Waals surface area (Å²) in [6.45, 7) is 7.20. The van der Waals surface area contributed by atoms with Crippen LogP contribution in [0, 0.1) is 5.92 Å². The van der Waals surface area contributed by atoms with Crippen molar-refractivity contribution >= 4 is 32.1 Å². The van der Waals surface area contributed by atoms with E-state index in [4.69, 9.17) is 0 Å². The van der Waals surface area contributed by atoms with Gasteiger partial charge in [-0.1, -0.05) is 20.8 Å². The van der Waals surface area contributed by atoms with E-state index in [0.29, 0.717) is 23.9 Å². The topological polar surface area (TPSA) is 66.7 Å². The minimum Gasteiger partial charge on any atom is -0.368 e. The molecule has 2 aromatic rings. The Hall–Kier alpha value is -1.12. The lowest BCUT2D eigenvalue weighted by Gasteiger charge is -2.19. The first kappa shape index (κ1) is 16.3. The number of fused-ring (bicyclic) bond motifs is 1. The summed E-state index contributed by atoms with van der Waals surface area (Å²) in [6.07, 6.45) is 2.66. The second kappa shape index (κ2) is 6.33. The van der Waals surface area contributed by atoms with Gasteiger partial charge in [-0.25, -0.2) is 13.4 Å². The second-order valence-corrected chi connectivity index (χ2v) is 8.26. The molecule has 0 atom stereocenters. The summed E-state index contributed by atoms with van der Waals surface area (Å²) < 4.78 is 28.8. The molecule has 0 unspecified atom stereocenters. The Kier molecular flexibility index (Phi) is 4.90. The molecule has 21 heavy (non-hydrogen) atoms. The molecule has 118 valence electrons. The summed E-state index contributed by atoms with van der Waals surface area (Å²) in [5.74, 6) is 0.710. The van der Waals surface area contributed by atoms with Crippen molar-refractivity contribution < 1.29 is 8.42 Å². The first-order valence-electron chi connectivity index (χ1n) is 7.03. The molecule has 0 saturated carbocycles. The van der Waals surface area contributed by atoms with Crippen molar-refractivity contribution in [1.82, 2.24) is 13.7 Å². The number of sulfonamides is 1. The number of aromatic nitrogens is 2. The van der Waals surface area contributed by atoms with Crippen LogP contribution < -0.4 is 5.32 Å². The van der Waals surface area contributed by atoms with Crippen molar-refractivity contribution in [3.8, 4) is 0 Å². The Labute approximate surface area is 129 Å². The van der Waals surface area contributed by atoms with E-state index in [0.717, 1.165) is 6.42 Å². The molecule has 2 heterocycles. The van der Waals surface area contributed by atoms with Crippen molar-refractivity contribution in [2.24, 2.45) is 5.92 Å². The average Bonchev–Trinajstić information content (AvgIpc) is 2.94. The van der Waals surface area contributed by atoms with E-state index in [2.05, 4.69) is 10.3 Å². The maximum atomic E-state index is 12.9. The maximum Gasteiger partial charge on any atom is 0.262 e. The predicted octanol–water partition coefficient (Wildman–Crippen LogP) is 2.49. The third-order valence-corrected chi connectivity index (χ3v) is 5.64. The minimum atomic E-state index is -3.57. The van der Waals surface area contributed by atoms with Gasteiger partial charge >= 0.3 is 0 Å². The van der Waals surface area contributed by atoms with Gasteiger partial charge in [0.1, 0.15) is 0 Å². The summed E-state index contributed by atoms with van der Waals surface area (Å²) in [7, 11) is -1.95. The van der Waals surface area contributed by atoms with E-state index < -0.39 is 10.0 Å². The molecule has 2 aromatic heterocycles. The average molecular weight is 330 g/mol. The highest BCUT2D eigenvalue weighted by Gasteiger charge is 2.30. The third kappa shape index (κ3) is 3.22. The largest absolute Gasteiger partial charge is 0.368 e. The molecule has 0 aliphatic rings. The highest BCUT2D eigenvalue weighted by molar-refractivity contribution is 7.89. The minimum absolute atomic E-state index is 0.232. The van der Waals surface area contributed by atoms with E-state index in [1.165, 1.54) is 15.6 Å². The summed E-state index contributed by atoms with van der Waals surface area (Å²) in [5, 5.41) is 5.19. The number of anilines is 1. The fourth-order valence-corrected chi connectivity index (χ4v) is 4.45. The maximum absolute atomic E-state index is 12.9. The smallest absolute Gasteiger partial charge is 0.262 e. The molecule has 0 aliphatic heterocycles. The molecule has 0 amide bonds. The SMILES string of the molecule is CCCNc1nc2sccn2c1S(=O)(=O)N(C)CC(C)C. The molecule has 0 fully saturated rings. The molecule has 6 nitrogen and oxygen atoms in total. The fourth-order valence-electron chi connectivity index (χ4n) is 2.13. The van der Waals surface area contributed by atoms with Crippen molar-refractivity contribution in [2.45, 2.75) is 32.2 Å². The van der Waals surface area contributed by atoms with Crippen molar-refractivity contribution in [1.29, 1.82) is 0 Å². The van der Waals surface area contributed by atoms with Gasteiger partial charge in [0.25, 0.3) is 10.0 Å². The Morgan fingerprint density at radius 3 is 2.81 bits per heavy atom. The van der Waals surface area contributed by atoms with Gasteiger partial charge < -0.3 is 5.32 Å². The summed E-state index contributed by atoms with van der Waals surface area (Å²) in [6, 6.07) is 0. The zero-order chi connectivity index (χ0) is 15.6. The van der Waals surface area contributed by atoms with E-state index in [9.17, 15) is 8.42 Å². The van der Waals surface area contributed by atoms with Gasteiger partial charge in [-0.2, -0.15) is 4.31 Å². The zero-order valence-corrected chi connectivity index (χ0v) is 14.5. The van der Waals surface area contributed by atoms with Crippen LogP contribution in [-0.2, 0) is 10.0 Å². The fraction of sp³-hybridized carbons (Fsp3) is 0.615. The highest BCUT2D eigenvalue weighted by atomic mass is 32.2. The number of hydrogen-bond donors (Lipinski definition) is 1. The Morgan fingerprint density at radius 2 is 2.19 bits per heavy atom. The van der Waals surface area contributed by atoms with Crippen molar-refractivity contribution in [3.05, 3.63) is 11.6 Å². The van der Waals surface area contributed by atoms with Gasteiger partial charge in [-0.3, -0.25) is 4.40 Å². The van der Waals surface area contributed by atoms with Crippen LogP contribution in [0.4, 0.5) is 5.82 Å². The molecule has 2 rings (SSSR count). The second-order valence-electron chi connectivity index (χ2n) is 5.43. The lowest BCUT2D eigenvalue weighted by atomic mass is 10.2. The number of rotatable bonds is 7. The Bertz CT molecular complexity index is 703. The zero-order valence-electron chi connectivity index (χ0n) is 12.8. The van der Waals surface area contributed by atoms with Crippen LogP contribution in [0.15, 0.2) is 16.6 Å². The third-order valence-electron chi connectivity index (χ3n) is 3.04. The first-order chi connectivity index (χ1) is 9.87. The number of hydrogen-bond acceptors (Lipinski definition) is 5. The first-order valence-corrected chi connectivity index (χ1v) is 9.35. The Balaban J connectivity index is 2.49. The predicted molar refractivity (Wildman–Crippen MR) is 86.5 cm³/mol. The van der Waals surface area contributed by atoms with Gasteiger partial charge in [-0.05, 0) is 12.3 Å². The Morgan fingerprint density at radius 1 is 1.48 bits per heavy atom.